The van der Waals surface area contributed by atoms with Crippen LogP contribution in [-0.4, -0.2) is 60.6 Å². The molecule has 26 heavy (non-hydrogen) atoms. The lowest BCUT2D eigenvalue weighted by Gasteiger charge is -2.36. The molecule has 1 fully saturated rings. The second-order valence-electron chi connectivity index (χ2n) is 7.51. The smallest absolute Gasteiger partial charge is 0.326 e. The lowest BCUT2D eigenvalue weighted by molar-refractivity contribution is -0.142. The molecule has 1 heterocycles. The molecule has 0 spiro atoms. The fourth-order valence-corrected chi connectivity index (χ4v) is 3.27. The van der Waals surface area contributed by atoms with Gasteiger partial charge in [0.25, 0.3) is 0 Å². The van der Waals surface area contributed by atoms with Crippen molar-refractivity contribution in [2.75, 3.05) is 37.6 Å². The Kier molecular flexibility index (Phi) is 7.45. The summed E-state index contributed by atoms with van der Waals surface area (Å²) in [6, 6.07) is 7.72. The molecule has 1 aromatic carbocycles. The number of carboxylic acid groups (broad SMARTS) is 1. The first kappa shape index (κ1) is 20.2. The summed E-state index contributed by atoms with van der Waals surface area (Å²) in [4.78, 5) is 28.0. The van der Waals surface area contributed by atoms with Gasteiger partial charge in [-0.15, -0.1) is 0 Å². The minimum Gasteiger partial charge on any atom is -0.480 e. The van der Waals surface area contributed by atoms with Crippen molar-refractivity contribution in [3.8, 4) is 0 Å². The molecule has 1 aliphatic heterocycles. The SMILES string of the molecule is Cc1cccc(N2CCN(CCC(=O)NC(CC(C)C)C(=O)O)CC2)c1. The number of amides is 1. The minimum atomic E-state index is -0.959. The van der Waals surface area contributed by atoms with Crippen molar-refractivity contribution in [2.45, 2.75) is 39.7 Å². The fraction of sp³-hybridized carbons (Fsp3) is 0.600. The molecule has 1 amide bonds. The van der Waals surface area contributed by atoms with Gasteiger partial charge in [0.2, 0.25) is 5.91 Å². The number of piperazine rings is 1. The highest BCUT2D eigenvalue weighted by molar-refractivity contribution is 5.83. The predicted molar refractivity (Wildman–Crippen MR) is 103 cm³/mol. The predicted octanol–water partition coefficient (Wildman–Crippen LogP) is 2.12. The minimum absolute atomic E-state index is 0.181. The Morgan fingerprint density at radius 1 is 1.19 bits per heavy atom. The number of aliphatic carboxylic acids is 1. The Morgan fingerprint density at radius 3 is 2.46 bits per heavy atom. The quantitative estimate of drug-likeness (QED) is 0.742. The molecule has 6 heteroatoms. The van der Waals surface area contributed by atoms with Gasteiger partial charge >= 0.3 is 5.97 Å². The van der Waals surface area contributed by atoms with E-state index in [1.807, 2.05) is 13.8 Å². The van der Waals surface area contributed by atoms with Crippen molar-refractivity contribution < 1.29 is 14.7 Å². The van der Waals surface area contributed by atoms with E-state index in [-0.39, 0.29) is 11.8 Å². The number of hydrogen-bond acceptors (Lipinski definition) is 4. The van der Waals surface area contributed by atoms with Gasteiger partial charge in [-0.25, -0.2) is 4.79 Å². The molecule has 2 N–H and O–H groups in total. The van der Waals surface area contributed by atoms with E-state index in [1.165, 1.54) is 11.3 Å². The standard InChI is InChI=1S/C20H31N3O3/c1-15(2)13-18(20(25)26)21-19(24)7-8-22-9-11-23(12-10-22)17-6-4-5-16(3)14-17/h4-6,14-15,18H,7-13H2,1-3H3,(H,21,24)(H,25,26). The monoisotopic (exact) mass is 361 g/mol. The van der Waals surface area contributed by atoms with Gasteiger partial charge in [-0.05, 0) is 37.0 Å². The van der Waals surface area contributed by atoms with Crippen LogP contribution in [0.3, 0.4) is 0 Å². The number of aryl methyl sites for hydroxylation is 1. The first-order valence-electron chi connectivity index (χ1n) is 9.41. The van der Waals surface area contributed by atoms with E-state index in [9.17, 15) is 14.7 Å². The van der Waals surface area contributed by atoms with Crippen LogP contribution in [0.4, 0.5) is 5.69 Å². The summed E-state index contributed by atoms with van der Waals surface area (Å²) < 4.78 is 0. The lowest BCUT2D eigenvalue weighted by atomic mass is 10.0. The fourth-order valence-electron chi connectivity index (χ4n) is 3.27. The molecule has 144 valence electrons. The van der Waals surface area contributed by atoms with E-state index in [2.05, 4.69) is 46.3 Å². The molecule has 0 aliphatic carbocycles. The molecule has 0 aromatic heterocycles. The van der Waals surface area contributed by atoms with Gasteiger partial charge in [-0.2, -0.15) is 0 Å². The summed E-state index contributed by atoms with van der Waals surface area (Å²) in [5.74, 6) is -0.913. The van der Waals surface area contributed by atoms with Crippen LogP contribution in [-0.2, 0) is 9.59 Å². The Bertz CT molecular complexity index is 610. The van der Waals surface area contributed by atoms with Crippen LogP contribution in [0.15, 0.2) is 24.3 Å². The molecule has 2 rings (SSSR count). The summed E-state index contributed by atoms with van der Waals surface area (Å²) in [6.07, 6.45) is 0.794. The Morgan fingerprint density at radius 2 is 1.88 bits per heavy atom. The second-order valence-corrected chi connectivity index (χ2v) is 7.51. The van der Waals surface area contributed by atoms with Crippen LogP contribution >= 0.6 is 0 Å². The number of hydrogen-bond donors (Lipinski definition) is 2. The number of nitrogens with zero attached hydrogens (tertiary/aromatic N) is 2. The van der Waals surface area contributed by atoms with Crippen LogP contribution in [0.25, 0.3) is 0 Å². The maximum atomic E-state index is 12.1. The molecule has 1 aliphatic rings. The van der Waals surface area contributed by atoms with Crippen molar-refractivity contribution in [2.24, 2.45) is 5.92 Å². The molecule has 0 bridgehead atoms. The number of nitrogens with one attached hydrogen (secondary N) is 1. The van der Waals surface area contributed by atoms with Crippen molar-refractivity contribution in [1.82, 2.24) is 10.2 Å². The molecule has 1 unspecified atom stereocenters. The summed E-state index contributed by atoms with van der Waals surface area (Å²) in [7, 11) is 0. The first-order valence-corrected chi connectivity index (χ1v) is 9.41. The van der Waals surface area contributed by atoms with Crippen LogP contribution in [0, 0.1) is 12.8 Å². The molecule has 0 saturated carbocycles. The van der Waals surface area contributed by atoms with Gasteiger partial charge < -0.3 is 15.3 Å². The third-order valence-corrected chi connectivity index (χ3v) is 4.73. The highest BCUT2D eigenvalue weighted by atomic mass is 16.4. The maximum absolute atomic E-state index is 12.1. The van der Waals surface area contributed by atoms with E-state index in [0.717, 1.165) is 26.2 Å². The number of anilines is 1. The average molecular weight is 361 g/mol. The number of carboxylic acids is 1. The first-order chi connectivity index (χ1) is 12.3. The zero-order chi connectivity index (χ0) is 19.1. The van der Waals surface area contributed by atoms with E-state index >= 15 is 0 Å². The normalized spacial score (nSPS) is 16.5. The van der Waals surface area contributed by atoms with Crippen LogP contribution in [0.5, 0.6) is 0 Å². The van der Waals surface area contributed by atoms with E-state index in [0.29, 0.717) is 19.4 Å². The van der Waals surface area contributed by atoms with Crippen molar-refractivity contribution >= 4 is 17.6 Å². The Labute approximate surface area is 156 Å². The van der Waals surface area contributed by atoms with Crippen LogP contribution in [0.1, 0.15) is 32.3 Å². The molecular weight excluding hydrogens is 330 g/mol. The van der Waals surface area contributed by atoms with Gasteiger partial charge in [0.15, 0.2) is 0 Å². The molecule has 6 nitrogen and oxygen atoms in total. The zero-order valence-corrected chi connectivity index (χ0v) is 16.1. The van der Waals surface area contributed by atoms with Gasteiger partial charge in [0, 0.05) is 44.8 Å². The largest absolute Gasteiger partial charge is 0.480 e. The summed E-state index contributed by atoms with van der Waals surface area (Å²) in [6.45, 7) is 10.4. The molecular formula is C20H31N3O3. The Hall–Kier alpha value is -2.08. The Balaban J connectivity index is 1.74. The van der Waals surface area contributed by atoms with E-state index in [4.69, 9.17) is 0 Å². The number of benzene rings is 1. The van der Waals surface area contributed by atoms with Gasteiger partial charge in [-0.3, -0.25) is 9.69 Å². The van der Waals surface area contributed by atoms with Crippen molar-refractivity contribution in [3.05, 3.63) is 29.8 Å². The number of carbonyl (C=O) groups is 2. The van der Waals surface area contributed by atoms with Crippen molar-refractivity contribution in [3.63, 3.8) is 0 Å². The molecule has 1 aromatic rings. The molecule has 0 radical (unpaired) electrons. The lowest BCUT2D eigenvalue weighted by Crippen LogP contribution is -2.48. The van der Waals surface area contributed by atoms with Gasteiger partial charge in [0.1, 0.15) is 6.04 Å². The summed E-state index contributed by atoms with van der Waals surface area (Å²) in [5, 5.41) is 11.9. The van der Waals surface area contributed by atoms with E-state index in [1.54, 1.807) is 0 Å². The topological polar surface area (TPSA) is 72.9 Å². The average Bonchev–Trinajstić information content (AvgIpc) is 2.59. The highest BCUT2D eigenvalue weighted by Gasteiger charge is 2.22. The second kappa shape index (κ2) is 9.57. The molecule has 1 atom stereocenters. The molecule has 1 saturated heterocycles. The van der Waals surface area contributed by atoms with Crippen LogP contribution < -0.4 is 10.2 Å². The third-order valence-electron chi connectivity index (χ3n) is 4.73. The third kappa shape index (κ3) is 6.33. The van der Waals surface area contributed by atoms with Gasteiger partial charge in [0.05, 0.1) is 0 Å². The van der Waals surface area contributed by atoms with Gasteiger partial charge in [-0.1, -0.05) is 26.0 Å². The number of rotatable bonds is 8. The summed E-state index contributed by atoms with van der Waals surface area (Å²) in [5.41, 5.74) is 2.51. The van der Waals surface area contributed by atoms with E-state index < -0.39 is 12.0 Å². The van der Waals surface area contributed by atoms with Crippen LogP contribution in [0.2, 0.25) is 0 Å². The summed E-state index contributed by atoms with van der Waals surface area (Å²) >= 11 is 0. The highest BCUT2D eigenvalue weighted by Crippen LogP contribution is 2.17. The maximum Gasteiger partial charge on any atom is 0.326 e. The number of carbonyl (C=O) groups excluding carboxylic acids is 1. The zero-order valence-electron chi connectivity index (χ0n) is 16.1. The van der Waals surface area contributed by atoms with Crippen molar-refractivity contribution in [1.29, 1.82) is 0 Å².